The molecule has 2 aromatic heterocycles. The summed E-state index contributed by atoms with van der Waals surface area (Å²) in [6, 6.07) is 12.1. The molecule has 1 N–H and O–H groups in total. The maximum Gasteiger partial charge on any atom is 0.306 e. The van der Waals surface area contributed by atoms with Crippen LogP contribution in [0, 0.1) is 11.3 Å². The number of carbonyl (C=O) groups excluding carboxylic acids is 2. The van der Waals surface area contributed by atoms with Crippen LogP contribution >= 0.6 is 11.3 Å². The maximum absolute atomic E-state index is 11.8. The number of amides is 1. The Balaban J connectivity index is 1.40. The number of rotatable bonds is 7. The number of esters is 1. The van der Waals surface area contributed by atoms with Crippen molar-refractivity contribution in [2.24, 2.45) is 0 Å². The Bertz CT molecular complexity index is 958. The van der Waals surface area contributed by atoms with Crippen LogP contribution in [0.1, 0.15) is 17.9 Å². The highest BCUT2D eigenvalue weighted by molar-refractivity contribution is 7.13. The zero-order valence-electron chi connectivity index (χ0n) is 14.0. The zero-order valence-corrected chi connectivity index (χ0v) is 14.9. The van der Waals surface area contributed by atoms with E-state index < -0.39 is 18.5 Å². The first kappa shape index (κ1) is 18.3. The summed E-state index contributed by atoms with van der Waals surface area (Å²) in [7, 11) is 0. The Labute approximate surface area is 158 Å². The van der Waals surface area contributed by atoms with Crippen molar-refractivity contribution in [1.82, 2.24) is 10.1 Å². The number of aromatic nitrogens is 2. The molecule has 0 spiro atoms. The van der Waals surface area contributed by atoms with Crippen LogP contribution in [0.3, 0.4) is 0 Å². The van der Waals surface area contributed by atoms with E-state index in [4.69, 9.17) is 14.5 Å². The zero-order chi connectivity index (χ0) is 19.1. The minimum atomic E-state index is -0.541. The number of hydrogen-bond donors (Lipinski definition) is 1. The van der Waals surface area contributed by atoms with Crippen molar-refractivity contribution in [1.29, 1.82) is 5.26 Å². The van der Waals surface area contributed by atoms with Crippen molar-refractivity contribution >= 4 is 28.9 Å². The largest absolute Gasteiger partial charge is 0.456 e. The predicted molar refractivity (Wildman–Crippen MR) is 96.7 cm³/mol. The normalized spacial score (nSPS) is 10.2. The van der Waals surface area contributed by atoms with Gasteiger partial charge >= 0.3 is 5.97 Å². The minimum absolute atomic E-state index is 0.0240. The fourth-order valence-electron chi connectivity index (χ4n) is 2.11. The molecule has 27 heavy (non-hydrogen) atoms. The van der Waals surface area contributed by atoms with Gasteiger partial charge in [-0.1, -0.05) is 11.2 Å². The van der Waals surface area contributed by atoms with Crippen molar-refractivity contribution in [3.05, 3.63) is 53.2 Å². The molecule has 1 aromatic carbocycles. The number of ether oxygens (including phenoxy) is 1. The van der Waals surface area contributed by atoms with E-state index in [0.29, 0.717) is 23.0 Å². The van der Waals surface area contributed by atoms with Gasteiger partial charge in [0.1, 0.15) is 0 Å². The highest BCUT2D eigenvalue weighted by atomic mass is 32.1. The summed E-state index contributed by atoms with van der Waals surface area (Å²) in [6.45, 7) is -0.400. The van der Waals surface area contributed by atoms with Gasteiger partial charge in [-0.15, -0.1) is 11.3 Å². The SMILES string of the molecule is N#Cc1ccc(NC(=O)COC(=O)CCc2nc(-c3cccs3)no2)cc1. The molecule has 0 aliphatic carbocycles. The Morgan fingerprint density at radius 2 is 2.07 bits per heavy atom. The lowest BCUT2D eigenvalue weighted by atomic mass is 10.2. The molecule has 3 rings (SSSR count). The van der Waals surface area contributed by atoms with Gasteiger partial charge in [0.15, 0.2) is 6.61 Å². The molecule has 2 heterocycles. The fraction of sp³-hybridized carbons (Fsp3) is 0.167. The van der Waals surface area contributed by atoms with Crippen LogP contribution in [0.4, 0.5) is 5.69 Å². The lowest BCUT2D eigenvalue weighted by Crippen LogP contribution is -2.21. The molecule has 9 heteroatoms. The second-order valence-electron chi connectivity index (χ2n) is 5.39. The molecule has 0 aliphatic rings. The minimum Gasteiger partial charge on any atom is -0.456 e. The molecule has 0 saturated heterocycles. The quantitative estimate of drug-likeness (QED) is 0.624. The van der Waals surface area contributed by atoms with Crippen molar-refractivity contribution in [3.8, 4) is 16.8 Å². The van der Waals surface area contributed by atoms with Crippen molar-refractivity contribution in [2.75, 3.05) is 11.9 Å². The Kier molecular flexibility index (Phi) is 5.91. The van der Waals surface area contributed by atoms with E-state index in [0.717, 1.165) is 4.88 Å². The van der Waals surface area contributed by atoms with E-state index in [9.17, 15) is 9.59 Å². The predicted octanol–water partition coefficient (Wildman–Crippen LogP) is 2.78. The molecule has 3 aromatic rings. The van der Waals surface area contributed by atoms with Gasteiger partial charge in [-0.3, -0.25) is 9.59 Å². The highest BCUT2D eigenvalue weighted by Gasteiger charge is 2.13. The van der Waals surface area contributed by atoms with Crippen LogP contribution < -0.4 is 5.32 Å². The molecule has 136 valence electrons. The Hall–Kier alpha value is -3.51. The van der Waals surface area contributed by atoms with Gasteiger partial charge in [-0.05, 0) is 35.7 Å². The summed E-state index contributed by atoms with van der Waals surface area (Å²) >= 11 is 1.49. The van der Waals surface area contributed by atoms with E-state index in [1.165, 1.54) is 11.3 Å². The van der Waals surface area contributed by atoms with Gasteiger partial charge in [-0.2, -0.15) is 10.2 Å². The fourth-order valence-corrected chi connectivity index (χ4v) is 2.76. The van der Waals surface area contributed by atoms with E-state index in [1.807, 2.05) is 23.6 Å². The lowest BCUT2D eigenvalue weighted by molar-refractivity contribution is -0.147. The lowest BCUT2D eigenvalue weighted by Gasteiger charge is -2.06. The molecule has 0 unspecified atom stereocenters. The number of hydrogen-bond acceptors (Lipinski definition) is 8. The molecular weight excluding hydrogens is 368 g/mol. The average Bonchev–Trinajstić information content (AvgIpc) is 3.37. The third-order valence-corrected chi connectivity index (χ3v) is 4.28. The number of benzene rings is 1. The standard InChI is InChI=1S/C18H14N4O4S/c19-10-12-3-5-13(6-4-12)20-15(23)11-25-17(24)8-7-16-21-18(22-26-16)14-2-1-9-27-14/h1-6,9H,7-8,11H2,(H,20,23). The summed E-state index contributed by atoms with van der Waals surface area (Å²) in [5, 5.41) is 17.1. The molecule has 8 nitrogen and oxygen atoms in total. The van der Waals surface area contributed by atoms with Crippen LogP contribution in [-0.2, 0) is 20.7 Å². The van der Waals surface area contributed by atoms with Crippen molar-refractivity contribution < 1.29 is 18.8 Å². The van der Waals surface area contributed by atoms with Crippen LogP contribution in [0.5, 0.6) is 0 Å². The van der Waals surface area contributed by atoms with Crippen LogP contribution in [0.15, 0.2) is 46.3 Å². The van der Waals surface area contributed by atoms with E-state index in [-0.39, 0.29) is 12.8 Å². The van der Waals surface area contributed by atoms with Crippen molar-refractivity contribution in [2.45, 2.75) is 12.8 Å². The molecule has 0 aliphatic heterocycles. The van der Waals surface area contributed by atoms with E-state index in [1.54, 1.807) is 24.3 Å². The van der Waals surface area contributed by atoms with Gasteiger partial charge in [0.2, 0.25) is 11.7 Å². The van der Waals surface area contributed by atoms with Crippen molar-refractivity contribution in [3.63, 3.8) is 0 Å². The second kappa shape index (κ2) is 8.73. The first-order valence-electron chi connectivity index (χ1n) is 7.96. The van der Waals surface area contributed by atoms with Crippen LogP contribution in [0.2, 0.25) is 0 Å². The summed E-state index contributed by atoms with van der Waals surface area (Å²) in [6.07, 6.45) is 0.255. The maximum atomic E-state index is 11.8. The summed E-state index contributed by atoms with van der Waals surface area (Å²) < 4.78 is 10.0. The number of carbonyl (C=O) groups is 2. The molecule has 0 radical (unpaired) electrons. The summed E-state index contributed by atoms with van der Waals surface area (Å²) in [5.41, 5.74) is 1.00. The monoisotopic (exact) mass is 382 g/mol. The second-order valence-corrected chi connectivity index (χ2v) is 6.33. The molecule has 0 fully saturated rings. The van der Waals surface area contributed by atoms with Gasteiger partial charge in [0, 0.05) is 12.1 Å². The first-order chi connectivity index (χ1) is 13.1. The molecule has 0 saturated carbocycles. The third-order valence-electron chi connectivity index (χ3n) is 3.41. The Morgan fingerprint density at radius 1 is 1.26 bits per heavy atom. The van der Waals surface area contributed by atoms with E-state index >= 15 is 0 Å². The van der Waals surface area contributed by atoms with Gasteiger partial charge in [0.25, 0.3) is 5.91 Å². The number of nitriles is 1. The van der Waals surface area contributed by atoms with E-state index in [2.05, 4.69) is 15.5 Å². The van der Waals surface area contributed by atoms with Gasteiger partial charge < -0.3 is 14.6 Å². The van der Waals surface area contributed by atoms with Crippen LogP contribution in [0.25, 0.3) is 10.7 Å². The third kappa shape index (κ3) is 5.23. The summed E-state index contributed by atoms with van der Waals surface area (Å²) in [4.78, 5) is 28.6. The smallest absolute Gasteiger partial charge is 0.306 e. The number of aryl methyl sites for hydroxylation is 1. The molecule has 1 amide bonds. The molecule has 0 atom stereocenters. The molecule has 0 bridgehead atoms. The van der Waals surface area contributed by atoms with Gasteiger partial charge in [0.05, 0.1) is 22.9 Å². The Morgan fingerprint density at radius 3 is 2.78 bits per heavy atom. The number of anilines is 1. The highest BCUT2D eigenvalue weighted by Crippen LogP contribution is 2.21. The number of nitrogens with one attached hydrogen (secondary N) is 1. The number of nitrogens with zero attached hydrogens (tertiary/aromatic N) is 3. The number of thiophene rings is 1. The molecular formula is C18H14N4O4S. The van der Waals surface area contributed by atoms with Crippen LogP contribution in [-0.4, -0.2) is 28.6 Å². The van der Waals surface area contributed by atoms with Gasteiger partial charge in [-0.25, -0.2) is 0 Å². The first-order valence-corrected chi connectivity index (χ1v) is 8.84. The topological polar surface area (TPSA) is 118 Å². The average molecular weight is 382 g/mol. The summed E-state index contributed by atoms with van der Waals surface area (Å²) in [5.74, 6) is -0.195.